The first kappa shape index (κ1) is 30.4. The fourth-order valence-corrected chi connectivity index (χ4v) is 5.34. The van der Waals surface area contributed by atoms with Gasteiger partial charge in [-0.25, -0.2) is 0 Å². The van der Waals surface area contributed by atoms with Crippen LogP contribution in [-0.2, 0) is 12.7 Å². The Morgan fingerprint density at radius 3 is 2.49 bits per heavy atom. The van der Waals surface area contributed by atoms with Crippen molar-refractivity contribution in [3.8, 4) is 5.75 Å². The van der Waals surface area contributed by atoms with E-state index in [0.717, 1.165) is 16.2 Å². The fourth-order valence-electron chi connectivity index (χ4n) is 3.69. The first-order valence-electron chi connectivity index (χ1n) is 12.5. The Morgan fingerprint density at radius 1 is 1.10 bits per heavy atom. The Kier molecular flexibility index (Phi) is 11.6. The molecule has 0 unspecified atom stereocenters. The van der Waals surface area contributed by atoms with Gasteiger partial charge in [-0.2, -0.15) is 13.2 Å². The molecule has 0 fully saturated rings. The second-order valence-corrected chi connectivity index (χ2v) is 11.0. The molecule has 1 aliphatic heterocycles. The second kappa shape index (κ2) is 14.9. The summed E-state index contributed by atoms with van der Waals surface area (Å²) in [6, 6.07) is 9.79. The number of nitrogens with two attached hydrogens (primary N) is 1. The van der Waals surface area contributed by atoms with E-state index in [2.05, 4.69) is 20.9 Å². The van der Waals surface area contributed by atoms with Gasteiger partial charge in [0, 0.05) is 6.54 Å². The number of hydrogen-bond donors (Lipinski definition) is 4. The average molecular weight is 657 g/mol. The third kappa shape index (κ3) is 9.86. The monoisotopic (exact) mass is 657 g/mol. The molecule has 0 spiro atoms. The molecule has 1 aliphatic rings. The van der Waals surface area contributed by atoms with Crippen LogP contribution in [0.25, 0.3) is 0 Å². The molecular formula is C27H33F3IN6O2-. The third-order valence-electron chi connectivity index (χ3n) is 5.52. The minimum Gasteiger partial charge on any atom is -0.166 e. The first-order valence-corrected chi connectivity index (χ1v) is 14.8. The summed E-state index contributed by atoms with van der Waals surface area (Å²) in [5.74, 6) is 0.930. The van der Waals surface area contributed by atoms with Crippen molar-refractivity contribution in [2.75, 3.05) is 36.8 Å². The Morgan fingerprint density at radius 2 is 1.82 bits per heavy atom. The molecule has 8 nitrogen and oxygen atoms in total. The predicted octanol–water partition coefficient (Wildman–Crippen LogP) is 2.32. The summed E-state index contributed by atoms with van der Waals surface area (Å²) in [5.41, 5.74) is 5.47. The van der Waals surface area contributed by atoms with E-state index < -0.39 is 17.8 Å². The van der Waals surface area contributed by atoms with Crippen molar-refractivity contribution in [2.24, 2.45) is 10.7 Å². The molecule has 1 heterocycles. The van der Waals surface area contributed by atoms with Gasteiger partial charge in [-0.05, 0) is 37.2 Å². The summed E-state index contributed by atoms with van der Waals surface area (Å²) in [5, 5.41) is 8.38. The van der Waals surface area contributed by atoms with Gasteiger partial charge in [0.25, 0.3) is 0 Å². The normalized spacial score (nSPS) is 13.6. The number of aliphatic imine (C=N–C) groups is 1. The van der Waals surface area contributed by atoms with Crippen molar-refractivity contribution in [1.82, 2.24) is 10.2 Å². The second-order valence-electron chi connectivity index (χ2n) is 8.50. The number of anilines is 2. The summed E-state index contributed by atoms with van der Waals surface area (Å²) in [6.45, 7) is 6.62. The smallest absolute Gasteiger partial charge is 0.166 e. The number of carbonyl (C=O) groups is 1. The van der Waals surface area contributed by atoms with Crippen LogP contribution in [0.1, 0.15) is 31.4 Å². The van der Waals surface area contributed by atoms with Crippen LogP contribution >= 0.6 is 0 Å². The van der Waals surface area contributed by atoms with E-state index in [0.29, 0.717) is 43.5 Å². The molecule has 0 aliphatic carbocycles. The van der Waals surface area contributed by atoms with Crippen LogP contribution < -0.4 is 47.6 Å². The number of benzene rings is 2. The molecule has 5 N–H and O–H groups in total. The fraction of sp³-hybridized carbons (Fsp3) is 0.333. The van der Waals surface area contributed by atoms with E-state index in [9.17, 15) is 18.0 Å². The average Bonchev–Trinajstić information content (AvgIpc) is 3.13. The van der Waals surface area contributed by atoms with Crippen LogP contribution in [0.15, 0.2) is 67.5 Å². The summed E-state index contributed by atoms with van der Waals surface area (Å²) in [4.78, 5) is 18.7. The van der Waals surface area contributed by atoms with E-state index in [-0.39, 0.29) is 39.0 Å². The van der Waals surface area contributed by atoms with Gasteiger partial charge >= 0.3 is 150 Å². The molecule has 2 aromatic carbocycles. The number of carbonyl (C=O) groups excluding carboxylic acids is 1. The van der Waals surface area contributed by atoms with Gasteiger partial charge in [0.1, 0.15) is 0 Å². The van der Waals surface area contributed by atoms with Gasteiger partial charge < -0.3 is 0 Å². The molecule has 3 rings (SSSR count). The van der Waals surface area contributed by atoms with E-state index in [1.165, 1.54) is 12.1 Å². The molecule has 212 valence electrons. The van der Waals surface area contributed by atoms with Gasteiger partial charge in [0.15, 0.2) is 0 Å². The van der Waals surface area contributed by atoms with Crippen LogP contribution in [0, 0.1) is 0 Å². The van der Waals surface area contributed by atoms with Gasteiger partial charge in [0.05, 0.1) is 5.56 Å². The molecule has 0 aromatic heterocycles. The van der Waals surface area contributed by atoms with Crippen molar-refractivity contribution < 1.29 is 43.9 Å². The van der Waals surface area contributed by atoms with Crippen LogP contribution in [0.3, 0.4) is 0 Å². The van der Waals surface area contributed by atoms with Crippen LogP contribution in [0.2, 0.25) is 0 Å². The first-order chi connectivity index (χ1) is 18.7. The van der Waals surface area contributed by atoms with Gasteiger partial charge in [-0.15, -0.1) is 0 Å². The number of alkyl halides is 3. The summed E-state index contributed by atoms with van der Waals surface area (Å²) in [6.07, 6.45) is -0.147. The van der Waals surface area contributed by atoms with Crippen molar-refractivity contribution in [2.45, 2.75) is 33.0 Å². The minimum absolute atomic E-state index is 0.0511. The number of ether oxygens (including phenoxy) is 1. The summed E-state index contributed by atoms with van der Waals surface area (Å²) < 4.78 is 50.2. The van der Waals surface area contributed by atoms with Crippen LogP contribution in [0.5, 0.6) is 5.75 Å². The Labute approximate surface area is 236 Å². The summed E-state index contributed by atoms with van der Waals surface area (Å²) >= 11 is -0.349. The standard InChI is InChI=1S/C27H33F3IN6O2/c1-3-15-37(4-2)18-19-5-6-21(16-23(19)27(28,29)30)36-26(38)35-20-7-9-22(10-8-20)39-25-17-24(33-14-12-32)31-11-13-34-25/h5-11,13,16-17,33H,3-4,12,14-15,18,32H2,1-2H3,(H2,35,36,38)/q-1. The van der Waals surface area contributed by atoms with Gasteiger partial charge in [-0.1, -0.05) is 19.9 Å². The molecule has 39 heavy (non-hydrogen) atoms. The maximum atomic E-state index is 13.8. The zero-order chi connectivity index (χ0) is 28.3. The number of nitrogens with zero attached hydrogens (tertiary/aromatic N) is 2. The molecule has 0 bridgehead atoms. The molecule has 0 atom stereocenters. The third-order valence-corrected chi connectivity index (χ3v) is 7.56. The van der Waals surface area contributed by atoms with E-state index in [4.69, 9.17) is 10.5 Å². The Bertz CT molecular complexity index is 1200. The minimum atomic E-state index is -4.54. The number of nitrogens with one attached hydrogen (secondary N) is 3. The van der Waals surface area contributed by atoms with Crippen LogP contribution in [0.4, 0.5) is 29.3 Å². The molecular weight excluding hydrogens is 624 g/mol. The van der Waals surface area contributed by atoms with Gasteiger partial charge in [-0.3, -0.25) is 4.90 Å². The SMILES string of the molecule is CCCN(CC)Cc1ccc(NC(=O)Nc2ccc(OC3=NC=C[I-]C(NCCN)=C3)cc2)cc1C(F)(F)F. The zero-order valence-electron chi connectivity index (χ0n) is 21.8. The predicted molar refractivity (Wildman–Crippen MR) is 144 cm³/mol. The molecule has 0 saturated heterocycles. The summed E-state index contributed by atoms with van der Waals surface area (Å²) in [7, 11) is 0. The Hall–Kier alpha value is -3.10. The maximum absolute atomic E-state index is 13.8. The van der Waals surface area contributed by atoms with E-state index in [1.807, 2.05) is 28.9 Å². The number of halogens is 4. The quantitative estimate of drug-likeness (QED) is 0.220. The maximum Gasteiger partial charge on any atom is 0.416 e. The molecule has 0 radical (unpaired) electrons. The molecule has 0 saturated carbocycles. The zero-order valence-corrected chi connectivity index (χ0v) is 24.0. The van der Waals surface area contributed by atoms with Crippen molar-refractivity contribution in [3.63, 3.8) is 0 Å². The van der Waals surface area contributed by atoms with Crippen LogP contribution in [-0.4, -0.2) is 43.0 Å². The number of amides is 2. The van der Waals surface area contributed by atoms with Crippen molar-refractivity contribution >= 4 is 23.3 Å². The molecule has 2 amide bonds. The molecule has 12 heteroatoms. The topological polar surface area (TPSA) is 104 Å². The Balaban J connectivity index is 1.63. The number of urea groups is 1. The van der Waals surface area contributed by atoms with E-state index >= 15 is 0 Å². The molecule has 2 aromatic rings. The largest absolute Gasteiger partial charge is 0.416 e. The van der Waals surface area contributed by atoms with Crippen molar-refractivity contribution in [1.29, 1.82) is 0 Å². The number of hydrogen-bond acceptors (Lipinski definition) is 6. The van der Waals surface area contributed by atoms with Gasteiger partial charge in [0.2, 0.25) is 0 Å². The van der Waals surface area contributed by atoms with E-state index in [1.54, 1.807) is 30.5 Å². The number of rotatable bonds is 11. The van der Waals surface area contributed by atoms with Crippen molar-refractivity contribution in [3.05, 3.63) is 73.7 Å².